The molecule has 0 bridgehead atoms. The first-order valence-electron chi connectivity index (χ1n) is 9.56. The van der Waals surface area contributed by atoms with Crippen LogP contribution in [0.3, 0.4) is 0 Å². The summed E-state index contributed by atoms with van der Waals surface area (Å²) >= 11 is 0. The molecule has 2 aromatic carbocycles. The Balaban J connectivity index is 1.62. The number of halogens is 1. The fraction of sp³-hybridized carbons (Fsp3) is 0.261. The number of rotatable bonds is 9. The van der Waals surface area contributed by atoms with Gasteiger partial charge in [0.05, 0.1) is 30.0 Å². The molecule has 30 heavy (non-hydrogen) atoms. The number of oxazole rings is 1. The monoisotopic (exact) mass is 407 g/mol. The first kappa shape index (κ1) is 21.2. The summed E-state index contributed by atoms with van der Waals surface area (Å²) in [6, 6.07) is 15.5. The van der Waals surface area contributed by atoms with Crippen molar-refractivity contribution in [2.75, 3.05) is 20.3 Å². The number of hydrogen-bond acceptors (Lipinski definition) is 5. The molecule has 3 rings (SSSR count). The summed E-state index contributed by atoms with van der Waals surface area (Å²) < 4.78 is 24.6. The van der Waals surface area contributed by atoms with Crippen LogP contribution in [-0.2, 0) is 22.5 Å². The Bertz CT molecular complexity index is 1020. The van der Waals surface area contributed by atoms with Gasteiger partial charge in [-0.05, 0) is 29.8 Å². The predicted molar refractivity (Wildman–Crippen MR) is 109 cm³/mol. The number of carbonyl (C=O) groups is 1. The van der Waals surface area contributed by atoms with Crippen molar-refractivity contribution in [2.24, 2.45) is 0 Å². The van der Waals surface area contributed by atoms with Crippen LogP contribution in [0.1, 0.15) is 23.4 Å². The second-order valence-electron chi connectivity index (χ2n) is 6.71. The number of aromatic nitrogens is 1. The van der Waals surface area contributed by atoms with E-state index < -0.39 is 0 Å². The number of nitriles is 1. The summed E-state index contributed by atoms with van der Waals surface area (Å²) in [6.45, 7) is 1.28. The minimum atomic E-state index is -0.385. The molecule has 0 radical (unpaired) electrons. The highest BCUT2D eigenvalue weighted by molar-refractivity contribution is 5.76. The molecule has 0 spiro atoms. The number of amides is 1. The molecule has 3 aromatic rings. The summed E-state index contributed by atoms with van der Waals surface area (Å²) in [5.41, 5.74) is 1.84. The molecule has 0 saturated carbocycles. The van der Waals surface area contributed by atoms with E-state index in [-0.39, 0.29) is 18.1 Å². The average Bonchev–Trinajstić information content (AvgIpc) is 3.24. The Kier molecular flexibility index (Phi) is 7.30. The lowest BCUT2D eigenvalue weighted by atomic mass is 10.1. The number of methoxy groups -OCH3 is 1. The van der Waals surface area contributed by atoms with Crippen molar-refractivity contribution in [1.29, 1.82) is 5.26 Å². The maximum absolute atomic E-state index is 13.9. The molecule has 0 aliphatic heterocycles. The second kappa shape index (κ2) is 10.3. The topological polar surface area (TPSA) is 79.4 Å². The van der Waals surface area contributed by atoms with Crippen molar-refractivity contribution in [1.82, 2.24) is 9.88 Å². The third-order valence-corrected chi connectivity index (χ3v) is 4.62. The lowest BCUT2D eigenvalue weighted by molar-refractivity contribution is -0.132. The van der Waals surface area contributed by atoms with Crippen LogP contribution in [0.4, 0.5) is 4.39 Å². The molecule has 1 aromatic heterocycles. The van der Waals surface area contributed by atoms with Crippen molar-refractivity contribution >= 4 is 5.91 Å². The zero-order valence-electron chi connectivity index (χ0n) is 16.7. The van der Waals surface area contributed by atoms with E-state index in [2.05, 4.69) is 11.1 Å². The van der Waals surface area contributed by atoms with Crippen molar-refractivity contribution in [2.45, 2.75) is 19.4 Å². The van der Waals surface area contributed by atoms with Crippen LogP contribution < -0.4 is 0 Å². The minimum absolute atomic E-state index is 0.0675. The van der Waals surface area contributed by atoms with Crippen molar-refractivity contribution in [3.05, 3.63) is 77.6 Å². The molecule has 0 aliphatic rings. The molecular formula is C23H22FN3O3. The Hall–Kier alpha value is -3.50. The van der Waals surface area contributed by atoms with Crippen LogP contribution in [0.2, 0.25) is 0 Å². The maximum atomic E-state index is 13.9. The molecule has 154 valence electrons. The second-order valence-corrected chi connectivity index (χ2v) is 6.71. The standard InChI is InChI=1S/C23H22FN3O3/c1-29-13-12-27(16-18-8-6-17(14-25)7-9-18)23(28)11-10-22-26-15-21(30-22)19-4-2-3-5-20(19)24/h2-9,15H,10-13,16H2,1H3. The van der Waals surface area contributed by atoms with E-state index in [0.717, 1.165) is 5.56 Å². The summed E-state index contributed by atoms with van der Waals surface area (Å²) in [5, 5.41) is 8.92. The summed E-state index contributed by atoms with van der Waals surface area (Å²) in [5.74, 6) is 0.266. The van der Waals surface area contributed by atoms with Gasteiger partial charge in [-0.3, -0.25) is 4.79 Å². The first-order chi connectivity index (χ1) is 14.6. The van der Waals surface area contributed by atoms with Gasteiger partial charge in [0.15, 0.2) is 11.7 Å². The average molecular weight is 407 g/mol. The zero-order valence-corrected chi connectivity index (χ0v) is 16.7. The van der Waals surface area contributed by atoms with E-state index in [0.29, 0.717) is 48.9 Å². The molecule has 0 atom stereocenters. The van der Waals surface area contributed by atoms with Crippen LogP contribution >= 0.6 is 0 Å². The van der Waals surface area contributed by atoms with Crippen molar-refractivity contribution < 1.29 is 18.3 Å². The fourth-order valence-corrected chi connectivity index (χ4v) is 2.98. The van der Waals surface area contributed by atoms with Gasteiger partial charge < -0.3 is 14.1 Å². The van der Waals surface area contributed by atoms with Gasteiger partial charge in [-0.2, -0.15) is 5.26 Å². The third kappa shape index (κ3) is 5.52. The van der Waals surface area contributed by atoms with E-state index in [1.165, 1.54) is 12.3 Å². The fourth-order valence-electron chi connectivity index (χ4n) is 2.98. The molecule has 1 heterocycles. The first-order valence-corrected chi connectivity index (χ1v) is 9.56. The molecule has 6 nitrogen and oxygen atoms in total. The van der Waals surface area contributed by atoms with E-state index in [1.54, 1.807) is 42.3 Å². The molecule has 7 heteroatoms. The smallest absolute Gasteiger partial charge is 0.223 e. The van der Waals surface area contributed by atoms with Crippen LogP contribution in [-0.4, -0.2) is 36.1 Å². The molecule has 0 unspecified atom stereocenters. The highest BCUT2D eigenvalue weighted by atomic mass is 19.1. The Labute approximate surface area is 174 Å². The van der Waals surface area contributed by atoms with Crippen LogP contribution in [0, 0.1) is 17.1 Å². The van der Waals surface area contributed by atoms with Gasteiger partial charge in [0.1, 0.15) is 5.82 Å². The van der Waals surface area contributed by atoms with E-state index in [4.69, 9.17) is 14.4 Å². The lowest BCUT2D eigenvalue weighted by Gasteiger charge is -2.22. The number of benzene rings is 2. The molecule has 0 fully saturated rings. The van der Waals surface area contributed by atoms with Gasteiger partial charge in [-0.1, -0.05) is 24.3 Å². The zero-order chi connectivity index (χ0) is 21.3. The largest absolute Gasteiger partial charge is 0.441 e. The molecule has 1 amide bonds. The number of ether oxygens (including phenoxy) is 1. The molecule has 0 saturated heterocycles. The number of nitrogens with zero attached hydrogens (tertiary/aromatic N) is 3. The highest BCUT2D eigenvalue weighted by Crippen LogP contribution is 2.23. The van der Waals surface area contributed by atoms with Gasteiger partial charge in [-0.15, -0.1) is 0 Å². The quantitative estimate of drug-likeness (QED) is 0.536. The van der Waals surface area contributed by atoms with E-state index >= 15 is 0 Å². The van der Waals surface area contributed by atoms with Crippen LogP contribution in [0.25, 0.3) is 11.3 Å². The minimum Gasteiger partial charge on any atom is -0.441 e. The number of hydrogen-bond donors (Lipinski definition) is 0. The molecule has 0 N–H and O–H groups in total. The van der Waals surface area contributed by atoms with Gasteiger partial charge >= 0.3 is 0 Å². The Morgan fingerprint density at radius 1 is 1.23 bits per heavy atom. The highest BCUT2D eigenvalue weighted by Gasteiger charge is 2.16. The van der Waals surface area contributed by atoms with Crippen LogP contribution in [0.5, 0.6) is 0 Å². The van der Waals surface area contributed by atoms with Crippen molar-refractivity contribution in [3.63, 3.8) is 0 Å². The molecular weight excluding hydrogens is 385 g/mol. The van der Waals surface area contributed by atoms with Gasteiger partial charge in [-0.25, -0.2) is 9.37 Å². The third-order valence-electron chi connectivity index (χ3n) is 4.62. The predicted octanol–water partition coefficient (Wildman–Crippen LogP) is 3.96. The maximum Gasteiger partial charge on any atom is 0.223 e. The number of carbonyl (C=O) groups excluding carboxylic acids is 1. The summed E-state index contributed by atoms with van der Waals surface area (Å²) in [7, 11) is 1.58. The Morgan fingerprint density at radius 2 is 2.00 bits per heavy atom. The SMILES string of the molecule is COCCN(Cc1ccc(C#N)cc1)C(=O)CCc1ncc(-c2ccccc2F)o1. The van der Waals surface area contributed by atoms with E-state index in [1.807, 2.05) is 12.1 Å². The van der Waals surface area contributed by atoms with Gasteiger partial charge in [0.25, 0.3) is 0 Å². The molecule has 0 aliphatic carbocycles. The normalized spacial score (nSPS) is 10.6. The lowest BCUT2D eigenvalue weighted by Crippen LogP contribution is -2.33. The van der Waals surface area contributed by atoms with E-state index in [9.17, 15) is 9.18 Å². The Morgan fingerprint density at radius 3 is 2.70 bits per heavy atom. The number of aryl methyl sites for hydroxylation is 1. The van der Waals surface area contributed by atoms with Crippen LogP contribution in [0.15, 0.2) is 59.1 Å². The van der Waals surface area contributed by atoms with Gasteiger partial charge in [0.2, 0.25) is 5.91 Å². The van der Waals surface area contributed by atoms with Crippen molar-refractivity contribution in [3.8, 4) is 17.4 Å². The van der Waals surface area contributed by atoms with Gasteiger partial charge in [0, 0.05) is 33.0 Å². The summed E-state index contributed by atoms with van der Waals surface area (Å²) in [4.78, 5) is 18.6. The summed E-state index contributed by atoms with van der Waals surface area (Å²) in [6.07, 6.45) is 1.99.